The molecule has 7 heteroatoms. The van der Waals surface area contributed by atoms with Gasteiger partial charge in [0.25, 0.3) is 5.91 Å². The number of ether oxygens (including phenoxy) is 2. The number of carbonyl (C=O) groups excluding carboxylic acids is 3. The quantitative estimate of drug-likeness (QED) is 0.621. The van der Waals surface area contributed by atoms with Crippen molar-refractivity contribution in [3.63, 3.8) is 0 Å². The first-order chi connectivity index (χ1) is 15.1. The molecule has 0 aliphatic carbocycles. The molecule has 3 aromatic rings. The van der Waals surface area contributed by atoms with Crippen LogP contribution in [0.1, 0.15) is 6.42 Å². The highest BCUT2D eigenvalue weighted by molar-refractivity contribution is 6.06. The normalized spacial score (nSPS) is 15.7. The number of nitrogens with one attached hydrogen (secondary N) is 1. The Morgan fingerprint density at radius 2 is 1.77 bits per heavy atom. The molecule has 1 aliphatic heterocycles. The predicted molar refractivity (Wildman–Crippen MR) is 117 cm³/mol. The summed E-state index contributed by atoms with van der Waals surface area (Å²) in [5, 5.41) is 4.62. The lowest BCUT2D eigenvalue weighted by Gasteiger charge is -2.18. The number of methoxy groups -OCH3 is 1. The molecule has 0 saturated carbocycles. The van der Waals surface area contributed by atoms with E-state index in [1.807, 2.05) is 42.5 Å². The van der Waals surface area contributed by atoms with E-state index in [2.05, 4.69) is 5.32 Å². The summed E-state index contributed by atoms with van der Waals surface area (Å²) >= 11 is 0. The van der Waals surface area contributed by atoms with E-state index in [-0.39, 0.29) is 18.9 Å². The monoisotopic (exact) mass is 418 g/mol. The average molecular weight is 418 g/mol. The number of fused-ring (bicyclic) bond motifs is 1. The van der Waals surface area contributed by atoms with Crippen LogP contribution in [0.3, 0.4) is 0 Å². The zero-order valence-corrected chi connectivity index (χ0v) is 17.0. The first kappa shape index (κ1) is 20.4. The molecule has 0 unspecified atom stereocenters. The van der Waals surface area contributed by atoms with Crippen molar-refractivity contribution in [2.75, 3.05) is 30.5 Å². The highest BCUT2D eigenvalue weighted by Gasteiger charge is 2.36. The van der Waals surface area contributed by atoms with Gasteiger partial charge in [0, 0.05) is 18.4 Å². The molecule has 31 heavy (non-hydrogen) atoms. The maximum Gasteiger partial charge on any atom is 0.311 e. The minimum Gasteiger partial charge on any atom is -0.495 e. The van der Waals surface area contributed by atoms with E-state index in [1.165, 1.54) is 7.11 Å². The molecule has 1 heterocycles. The Hall–Kier alpha value is -3.87. The van der Waals surface area contributed by atoms with Crippen molar-refractivity contribution in [2.24, 2.45) is 5.92 Å². The zero-order valence-electron chi connectivity index (χ0n) is 17.0. The summed E-state index contributed by atoms with van der Waals surface area (Å²) < 4.78 is 10.4. The van der Waals surface area contributed by atoms with Crippen LogP contribution < -0.4 is 15.0 Å². The molecule has 1 N–H and O–H groups in total. The van der Waals surface area contributed by atoms with Crippen LogP contribution in [0.5, 0.6) is 5.75 Å². The summed E-state index contributed by atoms with van der Waals surface area (Å²) in [6, 6.07) is 20.5. The smallest absolute Gasteiger partial charge is 0.311 e. The molecule has 0 spiro atoms. The molecular weight excluding hydrogens is 396 g/mol. The van der Waals surface area contributed by atoms with Gasteiger partial charge in [-0.05, 0) is 23.6 Å². The van der Waals surface area contributed by atoms with E-state index < -0.39 is 24.4 Å². The molecule has 7 nitrogen and oxygen atoms in total. The van der Waals surface area contributed by atoms with Crippen molar-refractivity contribution in [3.05, 3.63) is 66.7 Å². The van der Waals surface area contributed by atoms with Gasteiger partial charge in [0.2, 0.25) is 5.91 Å². The third-order valence-electron chi connectivity index (χ3n) is 5.24. The average Bonchev–Trinajstić information content (AvgIpc) is 3.19. The first-order valence-corrected chi connectivity index (χ1v) is 9.94. The molecular formula is C24H22N2O5. The van der Waals surface area contributed by atoms with Crippen LogP contribution in [-0.4, -0.2) is 38.0 Å². The van der Waals surface area contributed by atoms with E-state index in [0.29, 0.717) is 11.4 Å². The predicted octanol–water partition coefficient (Wildman–Crippen LogP) is 3.38. The Bertz CT molecular complexity index is 1140. The number of hydrogen-bond donors (Lipinski definition) is 1. The number of anilines is 2. The van der Waals surface area contributed by atoms with Gasteiger partial charge >= 0.3 is 5.97 Å². The van der Waals surface area contributed by atoms with Crippen molar-refractivity contribution in [1.29, 1.82) is 0 Å². The van der Waals surface area contributed by atoms with Crippen molar-refractivity contribution in [1.82, 2.24) is 0 Å². The number of para-hydroxylation sites is 2. The highest BCUT2D eigenvalue weighted by Crippen LogP contribution is 2.32. The molecule has 1 saturated heterocycles. The van der Waals surface area contributed by atoms with Crippen LogP contribution in [0, 0.1) is 5.92 Å². The Kier molecular flexibility index (Phi) is 5.84. The van der Waals surface area contributed by atoms with Crippen molar-refractivity contribution >= 4 is 39.9 Å². The molecule has 158 valence electrons. The summed E-state index contributed by atoms with van der Waals surface area (Å²) in [5.74, 6) is -1.30. The second-order valence-electron chi connectivity index (χ2n) is 7.26. The lowest BCUT2D eigenvalue weighted by atomic mass is 10.1. The maximum absolute atomic E-state index is 12.6. The number of rotatable bonds is 6. The van der Waals surface area contributed by atoms with Gasteiger partial charge in [-0.25, -0.2) is 0 Å². The summed E-state index contributed by atoms with van der Waals surface area (Å²) in [7, 11) is 1.50. The van der Waals surface area contributed by atoms with Crippen LogP contribution in [0.2, 0.25) is 0 Å². The largest absolute Gasteiger partial charge is 0.495 e. The summed E-state index contributed by atoms with van der Waals surface area (Å²) in [4.78, 5) is 38.9. The highest BCUT2D eigenvalue weighted by atomic mass is 16.5. The van der Waals surface area contributed by atoms with Gasteiger partial charge in [0.05, 0.1) is 24.4 Å². The van der Waals surface area contributed by atoms with Crippen LogP contribution in [-0.2, 0) is 19.1 Å². The van der Waals surface area contributed by atoms with E-state index >= 15 is 0 Å². The second kappa shape index (κ2) is 8.87. The molecule has 0 radical (unpaired) electrons. The molecule has 3 aromatic carbocycles. The number of nitrogens with zero attached hydrogens (tertiary/aromatic N) is 1. The zero-order chi connectivity index (χ0) is 21.8. The fourth-order valence-electron chi connectivity index (χ4n) is 3.73. The summed E-state index contributed by atoms with van der Waals surface area (Å²) in [5.41, 5.74) is 1.26. The van der Waals surface area contributed by atoms with Gasteiger partial charge in [0.1, 0.15) is 5.75 Å². The van der Waals surface area contributed by atoms with E-state index in [4.69, 9.17) is 9.47 Å². The van der Waals surface area contributed by atoms with Gasteiger partial charge in [-0.15, -0.1) is 0 Å². The number of amides is 2. The molecule has 1 fully saturated rings. The van der Waals surface area contributed by atoms with Crippen LogP contribution in [0.4, 0.5) is 11.4 Å². The first-order valence-electron chi connectivity index (χ1n) is 9.94. The molecule has 0 aromatic heterocycles. The number of hydrogen-bond acceptors (Lipinski definition) is 5. The summed E-state index contributed by atoms with van der Waals surface area (Å²) in [6.07, 6.45) is 0.0518. The number of carbonyl (C=O) groups is 3. The second-order valence-corrected chi connectivity index (χ2v) is 7.26. The van der Waals surface area contributed by atoms with E-state index in [9.17, 15) is 14.4 Å². The molecule has 1 aliphatic rings. The van der Waals surface area contributed by atoms with Crippen LogP contribution in [0.25, 0.3) is 10.8 Å². The van der Waals surface area contributed by atoms with E-state index in [0.717, 1.165) is 16.5 Å². The maximum atomic E-state index is 12.6. The van der Waals surface area contributed by atoms with E-state index in [1.54, 1.807) is 29.2 Å². The van der Waals surface area contributed by atoms with Crippen molar-refractivity contribution in [3.8, 4) is 5.75 Å². The van der Waals surface area contributed by atoms with Gasteiger partial charge < -0.3 is 19.7 Å². The van der Waals surface area contributed by atoms with Gasteiger partial charge in [-0.3, -0.25) is 14.4 Å². The fourth-order valence-corrected chi connectivity index (χ4v) is 3.73. The van der Waals surface area contributed by atoms with Crippen LogP contribution in [0.15, 0.2) is 66.7 Å². The third-order valence-corrected chi connectivity index (χ3v) is 5.24. The molecule has 1 atom stereocenters. The summed E-state index contributed by atoms with van der Waals surface area (Å²) in [6.45, 7) is -0.213. The van der Waals surface area contributed by atoms with Gasteiger partial charge in [0.15, 0.2) is 6.61 Å². The van der Waals surface area contributed by atoms with Crippen molar-refractivity contribution < 1.29 is 23.9 Å². The Morgan fingerprint density at radius 1 is 1.03 bits per heavy atom. The standard InChI is InChI=1S/C24H22N2O5/c1-30-21-12-5-4-10-19(21)25-22(27)15-31-24(29)17-13-23(28)26(14-17)20-11-6-8-16-7-2-3-9-18(16)20/h2-12,17H,13-15H2,1H3,(H,25,27)/t17-/m1/s1. The minimum absolute atomic E-state index is 0.0518. The van der Waals surface area contributed by atoms with Gasteiger partial charge in [-0.2, -0.15) is 0 Å². The fraction of sp³-hybridized carbons (Fsp3) is 0.208. The minimum atomic E-state index is -0.620. The number of benzene rings is 3. The molecule has 2 amide bonds. The van der Waals surface area contributed by atoms with Crippen molar-refractivity contribution in [2.45, 2.75) is 6.42 Å². The van der Waals surface area contributed by atoms with Gasteiger partial charge in [-0.1, -0.05) is 48.5 Å². The number of esters is 1. The Balaban J connectivity index is 1.38. The third kappa shape index (κ3) is 4.35. The SMILES string of the molecule is COc1ccccc1NC(=O)COC(=O)[C@@H]1CC(=O)N(c2cccc3ccccc23)C1. The topological polar surface area (TPSA) is 84.9 Å². The van der Waals surface area contributed by atoms with Crippen LogP contribution >= 0.6 is 0 Å². The molecule has 0 bridgehead atoms. The Morgan fingerprint density at radius 3 is 2.61 bits per heavy atom. The lowest BCUT2D eigenvalue weighted by molar-refractivity contribution is -0.151. The molecule has 4 rings (SSSR count). The lowest BCUT2D eigenvalue weighted by Crippen LogP contribution is -2.28. The Labute approximate surface area is 179 Å².